The van der Waals surface area contributed by atoms with Gasteiger partial charge in [-0.3, -0.25) is 14.4 Å². The molecule has 0 aromatic carbocycles. The fourth-order valence-electron chi connectivity index (χ4n) is 11.1. The molecule has 0 saturated carbocycles. The second kappa shape index (κ2) is 71.6. The van der Waals surface area contributed by atoms with Crippen molar-refractivity contribution in [2.75, 3.05) is 13.2 Å². The van der Waals surface area contributed by atoms with E-state index in [0.29, 0.717) is 19.3 Å². The molecular formula is C77H140O6. The number of hydrogen-bond donors (Lipinski definition) is 0. The SMILES string of the molecule is CC/C=C\C/C=C\C/C=C\C/C=C\C/C=C\CCCCCCCCCCCCCCCCCC(=O)OCC(COC(=O)CCCCCCCCCCCCCCCC)OC(=O)CCCCCCCCCCCCCCCCCCCCCC. The van der Waals surface area contributed by atoms with Gasteiger partial charge in [0.2, 0.25) is 0 Å². The summed E-state index contributed by atoms with van der Waals surface area (Å²) in [4.78, 5) is 38.5. The van der Waals surface area contributed by atoms with E-state index in [1.54, 1.807) is 0 Å². The summed E-state index contributed by atoms with van der Waals surface area (Å²) >= 11 is 0. The van der Waals surface area contributed by atoms with Gasteiger partial charge in [0.05, 0.1) is 0 Å². The first kappa shape index (κ1) is 80.1. The molecule has 83 heavy (non-hydrogen) atoms. The molecule has 0 rings (SSSR count). The van der Waals surface area contributed by atoms with E-state index in [1.165, 1.54) is 263 Å². The Morgan fingerprint density at radius 1 is 0.253 bits per heavy atom. The van der Waals surface area contributed by atoms with Crippen LogP contribution in [0, 0.1) is 0 Å². The number of rotatable bonds is 68. The van der Waals surface area contributed by atoms with Crippen molar-refractivity contribution in [1.82, 2.24) is 0 Å². The lowest BCUT2D eigenvalue weighted by Gasteiger charge is -2.18. The molecule has 0 aliphatic heterocycles. The van der Waals surface area contributed by atoms with Crippen LogP contribution < -0.4 is 0 Å². The summed E-state index contributed by atoms with van der Waals surface area (Å²) in [6.45, 7) is 6.60. The van der Waals surface area contributed by atoms with Crippen LogP contribution in [0.15, 0.2) is 60.8 Å². The minimum absolute atomic E-state index is 0.0663. The first-order valence-corrected chi connectivity index (χ1v) is 36.8. The van der Waals surface area contributed by atoms with Gasteiger partial charge in [-0.25, -0.2) is 0 Å². The molecule has 0 heterocycles. The fraction of sp³-hybridized carbons (Fsp3) is 0.831. The molecule has 0 bridgehead atoms. The highest BCUT2D eigenvalue weighted by Gasteiger charge is 2.19. The zero-order chi connectivity index (χ0) is 59.9. The average molecular weight is 1160 g/mol. The maximum absolute atomic E-state index is 13.0. The maximum atomic E-state index is 13.0. The van der Waals surface area contributed by atoms with Crippen molar-refractivity contribution >= 4 is 17.9 Å². The number of hydrogen-bond acceptors (Lipinski definition) is 6. The van der Waals surface area contributed by atoms with E-state index in [4.69, 9.17) is 14.2 Å². The Balaban J connectivity index is 4.20. The third-order valence-electron chi connectivity index (χ3n) is 16.5. The highest BCUT2D eigenvalue weighted by molar-refractivity contribution is 5.71. The van der Waals surface area contributed by atoms with Crippen molar-refractivity contribution < 1.29 is 28.6 Å². The summed E-state index contributed by atoms with van der Waals surface area (Å²) in [5.74, 6) is -0.836. The Hall–Kier alpha value is -2.89. The normalized spacial score (nSPS) is 12.4. The molecule has 0 spiro atoms. The number of esters is 3. The van der Waals surface area contributed by atoms with E-state index < -0.39 is 6.10 Å². The molecule has 484 valence electrons. The van der Waals surface area contributed by atoms with Crippen molar-refractivity contribution in [3.05, 3.63) is 60.8 Å². The molecule has 1 atom stereocenters. The minimum Gasteiger partial charge on any atom is -0.462 e. The van der Waals surface area contributed by atoms with Crippen molar-refractivity contribution in [1.29, 1.82) is 0 Å². The molecule has 0 aliphatic rings. The second-order valence-electron chi connectivity index (χ2n) is 24.8. The van der Waals surface area contributed by atoms with Gasteiger partial charge in [0.25, 0.3) is 0 Å². The summed E-state index contributed by atoms with van der Waals surface area (Å²) in [6.07, 6.45) is 92.6. The Bertz CT molecular complexity index is 1470. The van der Waals surface area contributed by atoms with Gasteiger partial charge in [-0.2, -0.15) is 0 Å². The predicted octanol–water partition coefficient (Wildman–Crippen LogP) is 25.5. The summed E-state index contributed by atoms with van der Waals surface area (Å²) in [5, 5.41) is 0. The van der Waals surface area contributed by atoms with Gasteiger partial charge in [-0.1, -0.05) is 370 Å². The van der Waals surface area contributed by atoms with E-state index >= 15 is 0 Å². The van der Waals surface area contributed by atoms with Crippen molar-refractivity contribution in [2.45, 2.75) is 399 Å². The minimum atomic E-state index is -0.770. The van der Waals surface area contributed by atoms with E-state index in [2.05, 4.69) is 81.5 Å². The molecule has 6 nitrogen and oxygen atoms in total. The molecule has 0 aromatic heterocycles. The molecule has 0 saturated heterocycles. The first-order chi connectivity index (χ1) is 41.0. The largest absolute Gasteiger partial charge is 0.462 e. The van der Waals surface area contributed by atoms with Crippen molar-refractivity contribution in [2.24, 2.45) is 0 Å². The number of ether oxygens (including phenoxy) is 3. The van der Waals surface area contributed by atoms with Crippen LogP contribution in [0.1, 0.15) is 393 Å². The summed E-state index contributed by atoms with van der Waals surface area (Å²) in [7, 11) is 0. The van der Waals surface area contributed by atoms with Gasteiger partial charge < -0.3 is 14.2 Å². The molecule has 0 fully saturated rings. The standard InChI is InChI=1S/C77H140O6/c1-4-7-10-13-16-19-22-25-28-30-32-34-35-36-37-38-39-40-41-42-43-44-46-47-49-52-55-58-61-64-67-70-76(79)82-73-74(72-81-75(78)69-66-63-60-57-54-51-27-24-21-18-15-12-9-6-3)83-77(80)71-68-65-62-59-56-53-50-48-45-33-31-29-26-23-20-17-14-11-8-5-2/h7,10,16,19,25,28,32,34,36-37,74H,4-6,8-9,11-15,17-18,20-24,26-27,29-31,33,35,38-73H2,1-3H3/b10-7-,19-16-,28-25-,34-32-,37-36-. The van der Waals surface area contributed by atoms with Crippen LogP contribution in [0.2, 0.25) is 0 Å². The summed E-state index contributed by atoms with van der Waals surface area (Å²) in [5.41, 5.74) is 0. The van der Waals surface area contributed by atoms with Crippen LogP contribution in [0.25, 0.3) is 0 Å². The van der Waals surface area contributed by atoms with Gasteiger partial charge in [0, 0.05) is 19.3 Å². The topological polar surface area (TPSA) is 78.9 Å². The molecule has 0 aliphatic carbocycles. The maximum Gasteiger partial charge on any atom is 0.306 e. The Morgan fingerprint density at radius 3 is 0.735 bits per heavy atom. The zero-order valence-electron chi connectivity index (χ0n) is 55.7. The summed E-state index contributed by atoms with van der Waals surface area (Å²) < 4.78 is 17.0. The lowest BCUT2D eigenvalue weighted by Crippen LogP contribution is -2.30. The zero-order valence-corrected chi connectivity index (χ0v) is 55.7. The Kier molecular flexibility index (Phi) is 69.1. The lowest BCUT2D eigenvalue weighted by atomic mass is 10.0. The fourth-order valence-corrected chi connectivity index (χ4v) is 11.1. The average Bonchev–Trinajstić information content (AvgIpc) is 3.49. The van der Waals surface area contributed by atoms with E-state index in [-0.39, 0.29) is 31.1 Å². The van der Waals surface area contributed by atoms with Crippen LogP contribution in [0.5, 0.6) is 0 Å². The molecule has 1 unspecified atom stereocenters. The van der Waals surface area contributed by atoms with Crippen LogP contribution in [-0.2, 0) is 28.6 Å². The third-order valence-corrected chi connectivity index (χ3v) is 16.5. The quantitative estimate of drug-likeness (QED) is 0.0261. The molecular weight excluding hydrogens is 1020 g/mol. The van der Waals surface area contributed by atoms with Crippen LogP contribution in [0.4, 0.5) is 0 Å². The van der Waals surface area contributed by atoms with Gasteiger partial charge in [0.15, 0.2) is 6.10 Å². The predicted molar refractivity (Wildman–Crippen MR) is 362 cm³/mol. The van der Waals surface area contributed by atoms with Gasteiger partial charge >= 0.3 is 17.9 Å². The van der Waals surface area contributed by atoms with E-state index in [1.807, 2.05) is 0 Å². The first-order valence-electron chi connectivity index (χ1n) is 36.8. The van der Waals surface area contributed by atoms with Gasteiger partial charge in [0.1, 0.15) is 13.2 Å². The number of carbonyl (C=O) groups is 3. The second-order valence-corrected chi connectivity index (χ2v) is 24.8. The summed E-state index contributed by atoms with van der Waals surface area (Å²) in [6, 6.07) is 0. The lowest BCUT2D eigenvalue weighted by molar-refractivity contribution is -0.167. The molecule has 6 heteroatoms. The van der Waals surface area contributed by atoms with Crippen LogP contribution in [-0.4, -0.2) is 37.2 Å². The van der Waals surface area contributed by atoms with Crippen molar-refractivity contribution in [3.63, 3.8) is 0 Å². The molecule has 0 radical (unpaired) electrons. The number of allylic oxidation sites excluding steroid dienone is 10. The Labute approximate surface area is 517 Å². The Morgan fingerprint density at radius 2 is 0.470 bits per heavy atom. The highest BCUT2D eigenvalue weighted by atomic mass is 16.6. The molecule has 0 N–H and O–H groups in total. The highest BCUT2D eigenvalue weighted by Crippen LogP contribution is 2.19. The number of carbonyl (C=O) groups excluding carboxylic acids is 3. The molecule has 0 aromatic rings. The van der Waals surface area contributed by atoms with E-state index in [0.717, 1.165) is 89.9 Å². The van der Waals surface area contributed by atoms with E-state index in [9.17, 15) is 14.4 Å². The molecule has 0 amide bonds. The number of unbranched alkanes of at least 4 members (excludes halogenated alkanes) is 47. The third kappa shape index (κ3) is 69.8. The van der Waals surface area contributed by atoms with Crippen LogP contribution >= 0.6 is 0 Å². The van der Waals surface area contributed by atoms with Crippen LogP contribution in [0.3, 0.4) is 0 Å². The van der Waals surface area contributed by atoms with Crippen molar-refractivity contribution in [3.8, 4) is 0 Å². The van der Waals surface area contributed by atoms with Gasteiger partial charge in [-0.05, 0) is 64.2 Å². The monoisotopic (exact) mass is 1160 g/mol. The van der Waals surface area contributed by atoms with Gasteiger partial charge in [-0.15, -0.1) is 0 Å². The smallest absolute Gasteiger partial charge is 0.306 e.